The lowest BCUT2D eigenvalue weighted by Gasteiger charge is -2.12. The van der Waals surface area contributed by atoms with Gasteiger partial charge in [0.2, 0.25) is 5.91 Å². The molecule has 19 heavy (non-hydrogen) atoms. The summed E-state index contributed by atoms with van der Waals surface area (Å²) in [7, 11) is 1.63. The summed E-state index contributed by atoms with van der Waals surface area (Å²) in [5, 5.41) is 3.21. The van der Waals surface area contributed by atoms with Crippen LogP contribution in [0.25, 0.3) is 0 Å². The Kier molecular flexibility index (Phi) is 7.37. The topological polar surface area (TPSA) is 73.6 Å². The quantitative estimate of drug-likeness (QED) is 0.658. The van der Waals surface area contributed by atoms with E-state index in [1.807, 2.05) is 12.1 Å². The molecule has 0 atom stereocenters. The summed E-state index contributed by atoms with van der Waals surface area (Å²) in [5.41, 5.74) is 5.98. The molecule has 0 bridgehead atoms. The van der Waals surface area contributed by atoms with Crippen molar-refractivity contribution in [2.45, 2.75) is 6.54 Å². The molecule has 5 nitrogen and oxygen atoms in total. The summed E-state index contributed by atoms with van der Waals surface area (Å²) >= 11 is 6.89. The molecule has 0 aliphatic heterocycles. The van der Waals surface area contributed by atoms with E-state index in [9.17, 15) is 4.79 Å². The van der Waals surface area contributed by atoms with E-state index in [1.165, 1.54) is 0 Å². The second-order valence-electron chi connectivity index (χ2n) is 3.78. The molecule has 0 radical (unpaired) electrons. The highest BCUT2D eigenvalue weighted by Crippen LogP contribution is 2.32. The number of methoxy groups -OCH3 is 1. The number of carbonyl (C=O) groups excluding carboxylic acids is 1. The average molecular weight is 396 g/mol. The van der Waals surface area contributed by atoms with Crippen LogP contribution in [0.2, 0.25) is 0 Å². The van der Waals surface area contributed by atoms with Gasteiger partial charge in [-0.05, 0) is 28.1 Å². The maximum atomic E-state index is 10.5. The SMILES string of the molecule is COc1c(Br)cc(Br)cc1CNCCOCC(N)=O. The van der Waals surface area contributed by atoms with Gasteiger partial charge in [0.05, 0.1) is 18.2 Å². The van der Waals surface area contributed by atoms with Crippen LogP contribution in [0.4, 0.5) is 0 Å². The Morgan fingerprint density at radius 1 is 1.42 bits per heavy atom. The van der Waals surface area contributed by atoms with Crippen molar-refractivity contribution in [3.63, 3.8) is 0 Å². The Morgan fingerprint density at radius 2 is 2.16 bits per heavy atom. The fraction of sp³-hybridized carbons (Fsp3) is 0.417. The molecule has 3 N–H and O–H groups in total. The maximum absolute atomic E-state index is 10.5. The van der Waals surface area contributed by atoms with Gasteiger partial charge in [-0.25, -0.2) is 0 Å². The fourth-order valence-electron chi connectivity index (χ4n) is 1.51. The number of nitrogens with two attached hydrogens (primary N) is 1. The highest BCUT2D eigenvalue weighted by atomic mass is 79.9. The van der Waals surface area contributed by atoms with E-state index < -0.39 is 5.91 Å². The maximum Gasteiger partial charge on any atom is 0.243 e. The highest BCUT2D eigenvalue weighted by Gasteiger charge is 2.08. The van der Waals surface area contributed by atoms with E-state index >= 15 is 0 Å². The third-order valence-electron chi connectivity index (χ3n) is 2.27. The van der Waals surface area contributed by atoms with Gasteiger partial charge in [-0.1, -0.05) is 15.9 Å². The van der Waals surface area contributed by atoms with E-state index in [0.29, 0.717) is 19.7 Å². The number of rotatable bonds is 8. The van der Waals surface area contributed by atoms with Crippen molar-refractivity contribution in [1.82, 2.24) is 5.32 Å². The Bertz CT molecular complexity index is 441. The summed E-state index contributed by atoms with van der Waals surface area (Å²) in [4.78, 5) is 10.5. The molecule has 0 saturated carbocycles. The molecule has 0 spiro atoms. The first-order valence-electron chi connectivity index (χ1n) is 5.63. The summed E-state index contributed by atoms with van der Waals surface area (Å²) in [6, 6.07) is 3.92. The number of benzene rings is 1. The van der Waals surface area contributed by atoms with Crippen LogP contribution < -0.4 is 15.8 Å². The lowest BCUT2D eigenvalue weighted by Crippen LogP contribution is -2.24. The Hall–Kier alpha value is -0.630. The van der Waals surface area contributed by atoms with Crippen LogP contribution in [0.1, 0.15) is 5.56 Å². The molecule has 1 aromatic carbocycles. The van der Waals surface area contributed by atoms with Gasteiger partial charge in [-0.15, -0.1) is 0 Å². The van der Waals surface area contributed by atoms with E-state index in [0.717, 1.165) is 20.3 Å². The zero-order valence-electron chi connectivity index (χ0n) is 10.5. The van der Waals surface area contributed by atoms with Crippen LogP contribution in [-0.2, 0) is 16.1 Å². The number of hydrogen-bond acceptors (Lipinski definition) is 4. The Balaban J connectivity index is 2.42. The Morgan fingerprint density at radius 3 is 2.79 bits per heavy atom. The molecule has 0 fully saturated rings. The van der Waals surface area contributed by atoms with Gasteiger partial charge in [0.25, 0.3) is 0 Å². The lowest BCUT2D eigenvalue weighted by atomic mass is 10.2. The normalized spacial score (nSPS) is 10.5. The van der Waals surface area contributed by atoms with Gasteiger partial charge in [0.1, 0.15) is 12.4 Å². The monoisotopic (exact) mass is 394 g/mol. The van der Waals surface area contributed by atoms with Crippen molar-refractivity contribution in [3.05, 3.63) is 26.6 Å². The molecule has 1 amide bonds. The average Bonchev–Trinajstić information content (AvgIpc) is 2.32. The summed E-state index contributed by atoms with van der Waals surface area (Å²) in [6.07, 6.45) is 0. The second kappa shape index (κ2) is 8.52. The van der Waals surface area contributed by atoms with E-state index in [1.54, 1.807) is 7.11 Å². The van der Waals surface area contributed by atoms with Gasteiger partial charge < -0.3 is 20.5 Å². The highest BCUT2D eigenvalue weighted by molar-refractivity contribution is 9.11. The zero-order valence-corrected chi connectivity index (χ0v) is 13.7. The van der Waals surface area contributed by atoms with Crippen molar-refractivity contribution in [2.75, 3.05) is 26.9 Å². The standard InChI is InChI=1S/C12H16Br2N2O3/c1-18-12-8(4-9(13)5-10(12)14)6-16-2-3-19-7-11(15)17/h4-5,16H,2-3,6-7H2,1H3,(H2,15,17). The number of carbonyl (C=O) groups is 1. The predicted molar refractivity (Wildman–Crippen MR) is 80.1 cm³/mol. The zero-order chi connectivity index (χ0) is 14.3. The van der Waals surface area contributed by atoms with Crippen molar-refractivity contribution >= 4 is 37.8 Å². The lowest BCUT2D eigenvalue weighted by molar-refractivity contribution is -0.122. The molecule has 1 aromatic rings. The minimum atomic E-state index is -0.461. The van der Waals surface area contributed by atoms with E-state index in [4.69, 9.17) is 15.2 Å². The van der Waals surface area contributed by atoms with Crippen molar-refractivity contribution < 1.29 is 14.3 Å². The first kappa shape index (κ1) is 16.4. The van der Waals surface area contributed by atoms with Crippen LogP contribution in [0.3, 0.4) is 0 Å². The first-order valence-corrected chi connectivity index (χ1v) is 7.22. The molecule has 1 rings (SSSR count). The van der Waals surface area contributed by atoms with Gasteiger partial charge >= 0.3 is 0 Å². The van der Waals surface area contributed by atoms with Crippen molar-refractivity contribution in [1.29, 1.82) is 0 Å². The van der Waals surface area contributed by atoms with Crippen LogP contribution in [0.5, 0.6) is 5.75 Å². The van der Waals surface area contributed by atoms with Crippen molar-refractivity contribution in [3.8, 4) is 5.75 Å². The van der Waals surface area contributed by atoms with Gasteiger partial charge in [0, 0.05) is 23.1 Å². The molecule has 0 aliphatic rings. The van der Waals surface area contributed by atoms with Gasteiger partial charge in [-0.2, -0.15) is 0 Å². The molecular weight excluding hydrogens is 380 g/mol. The van der Waals surface area contributed by atoms with Crippen molar-refractivity contribution in [2.24, 2.45) is 5.73 Å². The largest absolute Gasteiger partial charge is 0.495 e. The van der Waals surface area contributed by atoms with Crippen LogP contribution >= 0.6 is 31.9 Å². The molecule has 7 heteroatoms. The summed E-state index contributed by atoms with van der Waals surface area (Å²) < 4.78 is 12.3. The Labute approximate surface area is 129 Å². The van der Waals surface area contributed by atoms with E-state index in [-0.39, 0.29) is 6.61 Å². The van der Waals surface area contributed by atoms with Crippen LogP contribution in [0.15, 0.2) is 21.1 Å². The summed E-state index contributed by atoms with van der Waals surface area (Å²) in [6.45, 7) is 1.65. The third kappa shape index (κ3) is 5.90. The van der Waals surface area contributed by atoms with Gasteiger partial charge in [-0.3, -0.25) is 4.79 Å². The molecule has 0 heterocycles. The number of primary amides is 1. The minimum absolute atomic E-state index is 0.0482. The minimum Gasteiger partial charge on any atom is -0.495 e. The number of amides is 1. The molecule has 0 unspecified atom stereocenters. The van der Waals surface area contributed by atoms with E-state index in [2.05, 4.69) is 37.2 Å². The first-order chi connectivity index (χ1) is 9.04. The molecule has 0 saturated heterocycles. The second-order valence-corrected chi connectivity index (χ2v) is 5.55. The third-order valence-corrected chi connectivity index (χ3v) is 3.32. The van der Waals surface area contributed by atoms with Gasteiger partial charge in [0.15, 0.2) is 0 Å². The molecular formula is C12H16Br2N2O3. The number of ether oxygens (including phenoxy) is 2. The van der Waals surface area contributed by atoms with Crippen LogP contribution in [-0.4, -0.2) is 32.8 Å². The predicted octanol–water partition coefficient (Wildman–Crippen LogP) is 1.81. The molecule has 106 valence electrons. The number of nitrogens with one attached hydrogen (secondary N) is 1. The fourth-order valence-corrected chi connectivity index (χ4v) is 2.99. The number of hydrogen-bond donors (Lipinski definition) is 2. The van der Waals surface area contributed by atoms with Crippen LogP contribution in [0, 0.1) is 0 Å². The number of halogens is 2. The molecule has 0 aliphatic carbocycles. The molecule has 0 aromatic heterocycles. The summed E-state index contributed by atoms with van der Waals surface area (Å²) in [5.74, 6) is 0.339. The smallest absolute Gasteiger partial charge is 0.243 e.